The first-order valence-corrected chi connectivity index (χ1v) is 11.4. The third kappa shape index (κ3) is 6.72. The highest BCUT2D eigenvalue weighted by Gasteiger charge is 2.24. The van der Waals surface area contributed by atoms with Gasteiger partial charge in [-0.3, -0.25) is 0 Å². The SMILES string of the molecule is CN(C)Cc1cnc(NC2CCC(Oc3nc(/N=C\N)cc(N4CCOCC4)n3)CC2)nc1. The Labute approximate surface area is 194 Å². The lowest BCUT2D eigenvalue weighted by atomic mass is 9.93. The summed E-state index contributed by atoms with van der Waals surface area (Å²) < 4.78 is 11.6. The van der Waals surface area contributed by atoms with Gasteiger partial charge in [0.25, 0.3) is 0 Å². The van der Waals surface area contributed by atoms with Crippen LogP contribution in [0.4, 0.5) is 17.6 Å². The van der Waals surface area contributed by atoms with E-state index in [1.165, 1.54) is 6.34 Å². The van der Waals surface area contributed by atoms with Gasteiger partial charge in [-0.15, -0.1) is 0 Å². The Morgan fingerprint density at radius 3 is 2.58 bits per heavy atom. The van der Waals surface area contributed by atoms with Crippen LogP contribution in [0.5, 0.6) is 6.01 Å². The van der Waals surface area contributed by atoms with Crippen LogP contribution in [0.15, 0.2) is 23.5 Å². The second-order valence-corrected chi connectivity index (χ2v) is 8.63. The molecule has 2 aliphatic rings. The van der Waals surface area contributed by atoms with Crippen LogP contribution in [-0.4, -0.2) is 83.7 Å². The summed E-state index contributed by atoms with van der Waals surface area (Å²) in [6.07, 6.45) is 8.78. The van der Waals surface area contributed by atoms with Gasteiger partial charge in [0.1, 0.15) is 11.9 Å². The number of nitrogens with zero attached hydrogens (tertiary/aromatic N) is 7. The van der Waals surface area contributed by atoms with E-state index in [2.05, 4.69) is 40.0 Å². The van der Waals surface area contributed by atoms with Crippen molar-refractivity contribution < 1.29 is 9.47 Å². The van der Waals surface area contributed by atoms with Crippen LogP contribution in [0.1, 0.15) is 31.2 Å². The van der Waals surface area contributed by atoms with E-state index < -0.39 is 0 Å². The first-order chi connectivity index (χ1) is 16.1. The Hall–Kier alpha value is -3.05. The largest absolute Gasteiger partial charge is 0.460 e. The molecule has 178 valence electrons. The number of hydrogen-bond acceptors (Lipinski definition) is 10. The van der Waals surface area contributed by atoms with E-state index in [0.29, 0.717) is 37.0 Å². The normalized spacial score (nSPS) is 21.5. The Kier molecular flexibility index (Phi) is 7.84. The number of aliphatic imine (C=N–C) groups is 1. The lowest BCUT2D eigenvalue weighted by Crippen LogP contribution is -2.37. The van der Waals surface area contributed by atoms with Crippen LogP contribution < -0.4 is 20.7 Å². The van der Waals surface area contributed by atoms with Gasteiger partial charge in [0.05, 0.1) is 19.6 Å². The summed E-state index contributed by atoms with van der Waals surface area (Å²) >= 11 is 0. The molecule has 0 spiro atoms. The Morgan fingerprint density at radius 2 is 1.91 bits per heavy atom. The zero-order valence-corrected chi connectivity index (χ0v) is 19.4. The van der Waals surface area contributed by atoms with Crippen molar-refractivity contribution in [2.45, 2.75) is 44.4 Å². The van der Waals surface area contributed by atoms with Gasteiger partial charge in [-0.05, 0) is 39.8 Å². The van der Waals surface area contributed by atoms with Gasteiger partial charge >= 0.3 is 6.01 Å². The van der Waals surface area contributed by atoms with Crippen LogP contribution in [-0.2, 0) is 11.3 Å². The van der Waals surface area contributed by atoms with E-state index in [-0.39, 0.29) is 6.10 Å². The fourth-order valence-electron chi connectivity index (χ4n) is 4.08. The number of nitrogens with two attached hydrogens (primary N) is 1. The summed E-state index contributed by atoms with van der Waals surface area (Å²) in [6.45, 7) is 3.73. The molecule has 1 saturated carbocycles. The molecule has 2 aromatic heterocycles. The molecule has 0 aromatic carbocycles. The van der Waals surface area contributed by atoms with E-state index in [1.807, 2.05) is 32.6 Å². The molecule has 0 unspecified atom stereocenters. The zero-order chi connectivity index (χ0) is 23.0. The highest BCUT2D eigenvalue weighted by Crippen LogP contribution is 2.27. The monoisotopic (exact) mass is 455 g/mol. The van der Waals surface area contributed by atoms with Gasteiger partial charge in [0, 0.05) is 49.7 Å². The van der Waals surface area contributed by atoms with Gasteiger partial charge in [-0.25, -0.2) is 15.0 Å². The molecule has 0 bridgehead atoms. The number of ether oxygens (including phenoxy) is 2. The molecule has 3 heterocycles. The quantitative estimate of drug-likeness (QED) is 0.447. The molecule has 0 atom stereocenters. The molecule has 3 N–H and O–H groups in total. The van der Waals surface area contributed by atoms with E-state index in [4.69, 9.17) is 15.2 Å². The summed E-state index contributed by atoms with van der Waals surface area (Å²) in [5, 5.41) is 3.45. The first-order valence-electron chi connectivity index (χ1n) is 11.4. The van der Waals surface area contributed by atoms with Gasteiger partial charge < -0.3 is 30.3 Å². The summed E-state index contributed by atoms with van der Waals surface area (Å²) in [4.78, 5) is 26.3. The average Bonchev–Trinajstić information content (AvgIpc) is 2.82. The maximum atomic E-state index is 6.17. The standard InChI is InChI=1S/C22H33N9O2/c1-30(2)14-16-12-24-21(25-13-16)27-17-3-5-18(6-4-17)33-22-28-19(26-15-23)11-20(29-22)31-7-9-32-10-8-31/h11-13,15,17-18H,3-10,14H2,1-2H3,(H,24,25,27)(H2,23,26,28,29). The second-order valence-electron chi connectivity index (χ2n) is 8.63. The van der Waals surface area contributed by atoms with Crippen molar-refractivity contribution in [1.82, 2.24) is 24.8 Å². The average molecular weight is 456 g/mol. The van der Waals surface area contributed by atoms with Gasteiger partial charge in [0.15, 0.2) is 5.82 Å². The maximum Gasteiger partial charge on any atom is 0.320 e. The molecular weight excluding hydrogens is 422 g/mol. The number of morpholine rings is 1. The molecule has 11 nitrogen and oxygen atoms in total. The number of rotatable bonds is 8. The van der Waals surface area contributed by atoms with Crippen LogP contribution in [0, 0.1) is 0 Å². The topological polar surface area (TPSA) is 127 Å². The minimum atomic E-state index is 0.0566. The van der Waals surface area contributed by atoms with Crippen molar-refractivity contribution in [3.63, 3.8) is 0 Å². The molecule has 1 aliphatic carbocycles. The minimum absolute atomic E-state index is 0.0566. The highest BCUT2D eigenvalue weighted by molar-refractivity contribution is 5.59. The smallest absolute Gasteiger partial charge is 0.320 e. The van der Waals surface area contributed by atoms with Crippen LogP contribution >= 0.6 is 0 Å². The van der Waals surface area contributed by atoms with Gasteiger partial charge in [-0.2, -0.15) is 9.97 Å². The summed E-state index contributed by atoms with van der Waals surface area (Å²) in [5.41, 5.74) is 6.58. The fraction of sp³-hybridized carbons (Fsp3) is 0.591. The zero-order valence-electron chi connectivity index (χ0n) is 19.4. The molecular formula is C22H33N9O2. The van der Waals surface area contributed by atoms with E-state index in [9.17, 15) is 0 Å². The number of anilines is 2. The van der Waals surface area contributed by atoms with Crippen LogP contribution in [0.3, 0.4) is 0 Å². The van der Waals surface area contributed by atoms with Gasteiger partial charge in [0.2, 0.25) is 5.95 Å². The minimum Gasteiger partial charge on any atom is -0.460 e. The molecule has 0 radical (unpaired) electrons. The second kappa shape index (κ2) is 11.2. The fourth-order valence-corrected chi connectivity index (χ4v) is 4.08. The summed E-state index contributed by atoms with van der Waals surface area (Å²) in [6, 6.07) is 2.49. The molecule has 2 fully saturated rings. The predicted molar refractivity (Wildman–Crippen MR) is 127 cm³/mol. The number of hydrogen-bond donors (Lipinski definition) is 2. The Morgan fingerprint density at radius 1 is 1.18 bits per heavy atom. The lowest BCUT2D eigenvalue weighted by molar-refractivity contribution is 0.121. The predicted octanol–water partition coefficient (Wildman–Crippen LogP) is 1.59. The first kappa shape index (κ1) is 23.1. The third-order valence-electron chi connectivity index (χ3n) is 5.70. The Bertz CT molecular complexity index is 909. The van der Waals surface area contributed by atoms with E-state index in [0.717, 1.165) is 56.7 Å². The summed E-state index contributed by atoms with van der Waals surface area (Å²) in [7, 11) is 4.06. The maximum absolute atomic E-state index is 6.17. The Balaban J connectivity index is 1.32. The van der Waals surface area contributed by atoms with Crippen molar-refractivity contribution in [1.29, 1.82) is 0 Å². The third-order valence-corrected chi connectivity index (χ3v) is 5.70. The molecule has 33 heavy (non-hydrogen) atoms. The van der Waals surface area contributed by atoms with Gasteiger partial charge in [-0.1, -0.05) is 0 Å². The number of nitrogens with one attached hydrogen (secondary N) is 1. The van der Waals surface area contributed by atoms with Crippen LogP contribution in [0.25, 0.3) is 0 Å². The lowest BCUT2D eigenvalue weighted by Gasteiger charge is -2.30. The van der Waals surface area contributed by atoms with E-state index >= 15 is 0 Å². The number of aromatic nitrogens is 4. The molecule has 0 amide bonds. The molecule has 1 saturated heterocycles. The molecule has 11 heteroatoms. The van der Waals surface area contributed by atoms with Crippen molar-refractivity contribution in [3.05, 3.63) is 24.0 Å². The van der Waals surface area contributed by atoms with Crippen molar-refractivity contribution in [2.24, 2.45) is 10.7 Å². The van der Waals surface area contributed by atoms with Crippen LogP contribution in [0.2, 0.25) is 0 Å². The van der Waals surface area contributed by atoms with Crippen molar-refractivity contribution >= 4 is 23.9 Å². The van der Waals surface area contributed by atoms with Crippen molar-refractivity contribution in [2.75, 3.05) is 50.6 Å². The molecule has 4 rings (SSSR count). The van der Waals surface area contributed by atoms with E-state index in [1.54, 1.807) is 0 Å². The molecule has 2 aromatic rings. The highest BCUT2D eigenvalue weighted by atomic mass is 16.5. The summed E-state index contributed by atoms with van der Waals surface area (Å²) in [5.74, 6) is 1.95. The van der Waals surface area contributed by atoms with Crippen molar-refractivity contribution in [3.8, 4) is 6.01 Å². The molecule has 1 aliphatic heterocycles.